The zero-order chi connectivity index (χ0) is 12.5. The minimum absolute atomic E-state index is 0.0703. The van der Waals surface area contributed by atoms with Crippen LogP contribution in [0.2, 0.25) is 0 Å². The first-order valence-corrected chi connectivity index (χ1v) is 5.95. The standard InChI is InChI=1S/C14H20O3/c1-12-5-7-14(8-6-12)17-10-4-3-9-16-11-13(2)15/h5-8H,3-4,9-11H2,1-2H3. The fourth-order valence-electron chi connectivity index (χ4n) is 1.35. The van der Waals surface area contributed by atoms with Gasteiger partial charge in [0.15, 0.2) is 5.78 Å². The molecule has 0 saturated carbocycles. The van der Waals surface area contributed by atoms with Crippen LogP contribution in [0, 0.1) is 6.92 Å². The Hall–Kier alpha value is -1.35. The van der Waals surface area contributed by atoms with E-state index in [4.69, 9.17) is 9.47 Å². The van der Waals surface area contributed by atoms with Crippen molar-refractivity contribution in [2.24, 2.45) is 0 Å². The molecule has 1 aromatic carbocycles. The fourth-order valence-corrected chi connectivity index (χ4v) is 1.35. The van der Waals surface area contributed by atoms with Gasteiger partial charge in [-0.05, 0) is 38.8 Å². The van der Waals surface area contributed by atoms with Gasteiger partial charge in [0.05, 0.1) is 6.61 Å². The van der Waals surface area contributed by atoms with Gasteiger partial charge in [-0.3, -0.25) is 4.79 Å². The summed E-state index contributed by atoms with van der Waals surface area (Å²) in [6.07, 6.45) is 1.85. The highest BCUT2D eigenvalue weighted by molar-refractivity contribution is 5.76. The lowest BCUT2D eigenvalue weighted by atomic mass is 10.2. The number of hydrogen-bond acceptors (Lipinski definition) is 3. The Balaban J connectivity index is 2.01. The predicted octanol–water partition coefficient (Wildman–Crippen LogP) is 2.76. The van der Waals surface area contributed by atoms with E-state index in [-0.39, 0.29) is 12.4 Å². The minimum atomic E-state index is 0.0703. The summed E-state index contributed by atoms with van der Waals surface area (Å²) in [6.45, 7) is 5.11. The molecule has 0 amide bonds. The van der Waals surface area contributed by atoms with E-state index in [9.17, 15) is 4.79 Å². The molecule has 0 fully saturated rings. The van der Waals surface area contributed by atoms with Crippen LogP contribution in [0.5, 0.6) is 5.75 Å². The van der Waals surface area contributed by atoms with Gasteiger partial charge < -0.3 is 9.47 Å². The first-order valence-electron chi connectivity index (χ1n) is 5.95. The molecule has 0 spiro atoms. The molecule has 94 valence electrons. The lowest BCUT2D eigenvalue weighted by Crippen LogP contribution is -2.06. The van der Waals surface area contributed by atoms with Crippen molar-refractivity contribution in [1.29, 1.82) is 0 Å². The Morgan fingerprint density at radius 2 is 1.76 bits per heavy atom. The molecule has 0 aliphatic carbocycles. The Bertz CT molecular complexity index is 330. The Morgan fingerprint density at radius 3 is 2.41 bits per heavy atom. The van der Waals surface area contributed by atoms with Gasteiger partial charge in [0.1, 0.15) is 12.4 Å². The number of hydrogen-bond donors (Lipinski definition) is 0. The van der Waals surface area contributed by atoms with Crippen molar-refractivity contribution >= 4 is 5.78 Å². The summed E-state index contributed by atoms with van der Waals surface area (Å²) in [5.74, 6) is 0.973. The molecule has 0 heterocycles. The summed E-state index contributed by atoms with van der Waals surface area (Å²) < 4.78 is 10.7. The van der Waals surface area contributed by atoms with Gasteiger partial charge in [0, 0.05) is 6.61 Å². The maximum Gasteiger partial charge on any atom is 0.155 e. The average molecular weight is 236 g/mol. The van der Waals surface area contributed by atoms with Crippen molar-refractivity contribution in [2.45, 2.75) is 26.7 Å². The van der Waals surface area contributed by atoms with Crippen LogP contribution in [0.25, 0.3) is 0 Å². The molecule has 0 saturated heterocycles. The van der Waals surface area contributed by atoms with Gasteiger partial charge in [-0.2, -0.15) is 0 Å². The zero-order valence-electron chi connectivity index (χ0n) is 10.6. The predicted molar refractivity (Wildman–Crippen MR) is 67.4 cm³/mol. The quantitative estimate of drug-likeness (QED) is 0.651. The molecule has 0 unspecified atom stereocenters. The van der Waals surface area contributed by atoms with Crippen LogP contribution in [0.4, 0.5) is 0 Å². The lowest BCUT2D eigenvalue weighted by molar-refractivity contribution is -0.121. The largest absolute Gasteiger partial charge is 0.494 e. The first kappa shape index (κ1) is 13.7. The van der Waals surface area contributed by atoms with Crippen molar-refractivity contribution in [3.8, 4) is 5.75 Å². The molecule has 0 aliphatic rings. The number of ether oxygens (including phenoxy) is 2. The monoisotopic (exact) mass is 236 g/mol. The number of Topliss-reactive ketones (excluding diaryl/α,β-unsaturated/α-hetero) is 1. The van der Waals surface area contributed by atoms with E-state index in [0.717, 1.165) is 18.6 Å². The summed E-state index contributed by atoms with van der Waals surface area (Å²) >= 11 is 0. The third-order valence-corrected chi connectivity index (χ3v) is 2.28. The number of rotatable bonds is 8. The number of aryl methyl sites for hydroxylation is 1. The molecule has 3 nitrogen and oxygen atoms in total. The maximum atomic E-state index is 10.6. The van der Waals surface area contributed by atoms with Crippen LogP contribution >= 0.6 is 0 Å². The Kier molecular flexibility index (Phi) is 6.33. The third-order valence-electron chi connectivity index (χ3n) is 2.28. The molecule has 1 aromatic rings. The Labute approximate surface area is 103 Å². The SMILES string of the molecule is CC(=O)COCCCCOc1ccc(C)cc1. The average Bonchev–Trinajstić information content (AvgIpc) is 2.30. The normalized spacial score (nSPS) is 10.2. The minimum Gasteiger partial charge on any atom is -0.494 e. The number of carbonyl (C=O) groups is 1. The molecule has 0 aromatic heterocycles. The van der Waals surface area contributed by atoms with Gasteiger partial charge in [-0.1, -0.05) is 17.7 Å². The molecule has 1 rings (SSSR count). The molecular weight excluding hydrogens is 216 g/mol. The molecular formula is C14H20O3. The van der Waals surface area contributed by atoms with Crippen LogP contribution < -0.4 is 4.74 Å². The van der Waals surface area contributed by atoms with E-state index < -0.39 is 0 Å². The van der Waals surface area contributed by atoms with Gasteiger partial charge >= 0.3 is 0 Å². The van der Waals surface area contributed by atoms with E-state index in [2.05, 4.69) is 6.92 Å². The van der Waals surface area contributed by atoms with Crippen molar-refractivity contribution in [3.63, 3.8) is 0 Å². The smallest absolute Gasteiger partial charge is 0.155 e. The van der Waals surface area contributed by atoms with Gasteiger partial charge in [-0.25, -0.2) is 0 Å². The van der Waals surface area contributed by atoms with Gasteiger partial charge in [0.2, 0.25) is 0 Å². The molecule has 17 heavy (non-hydrogen) atoms. The zero-order valence-corrected chi connectivity index (χ0v) is 10.6. The van der Waals surface area contributed by atoms with Crippen molar-refractivity contribution in [1.82, 2.24) is 0 Å². The van der Waals surface area contributed by atoms with Crippen LogP contribution in [-0.2, 0) is 9.53 Å². The second-order valence-corrected chi connectivity index (χ2v) is 4.12. The van der Waals surface area contributed by atoms with Gasteiger partial charge in [-0.15, -0.1) is 0 Å². The van der Waals surface area contributed by atoms with E-state index >= 15 is 0 Å². The van der Waals surface area contributed by atoms with E-state index in [1.807, 2.05) is 24.3 Å². The van der Waals surface area contributed by atoms with Crippen LogP contribution in [-0.4, -0.2) is 25.6 Å². The number of benzene rings is 1. The molecule has 0 radical (unpaired) electrons. The van der Waals surface area contributed by atoms with Crippen LogP contribution in [0.3, 0.4) is 0 Å². The van der Waals surface area contributed by atoms with Crippen LogP contribution in [0.15, 0.2) is 24.3 Å². The summed E-state index contributed by atoms with van der Waals surface area (Å²) in [5, 5.41) is 0. The topological polar surface area (TPSA) is 35.5 Å². The molecule has 0 N–H and O–H groups in total. The summed E-state index contributed by atoms with van der Waals surface area (Å²) in [5.41, 5.74) is 1.23. The summed E-state index contributed by atoms with van der Waals surface area (Å²) in [6, 6.07) is 8.01. The van der Waals surface area contributed by atoms with E-state index in [1.54, 1.807) is 0 Å². The fraction of sp³-hybridized carbons (Fsp3) is 0.500. The molecule has 0 atom stereocenters. The lowest BCUT2D eigenvalue weighted by Gasteiger charge is -2.06. The van der Waals surface area contributed by atoms with E-state index in [1.165, 1.54) is 12.5 Å². The third kappa shape index (κ3) is 6.74. The van der Waals surface area contributed by atoms with Crippen LogP contribution in [0.1, 0.15) is 25.3 Å². The van der Waals surface area contributed by atoms with Crippen molar-refractivity contribution in [2.75, 3.05) is 19.8 Å². The highest BCUT2D eigenvalue weighted by Gasteiger charge is 1.95. The highest BCUT2D eigenvalue weighted by Crippen LogP contribution is 2.11. The first-order chi connectivity index (χ1) is 8.18. The molecule has 0 aliphatic heterocycles. The van der Waals surface area contributed by atoms with Crippen molar-refractivity contribution < 1.29 is 14.3 Å². The molecule has 3 heteroatoms. The number of ketones is 1. The van der Waals surface area contributed by atoms with Gasteiger partial charge in [0.25, 0.3) is 0 Å². The second-order valence-electron chi connectivity index (χ2n) is 4.12. The Morgan fingerprint density at radius 1 is 1.12 bits per heavy atom. The van der Waals surface area contributed by atoms with E-state index in [0.29, 0.717) is 13.2 Å². The maximum absolute atomic E-state index is 10.6. The molecule has 0 bridgehead atoms. The van der Waals surface area contributed by atoms with Crippen molar-refractivity contribution in [3.05, 3.63) is 29.8 Å². The highest BCUT2D eigenvalue weighted by atomic mass is 16.5. The summed E-state index contributed by atoms with van der Waals surface area (Å²) in [4.78, 5) is 10.6. The summed E-state index contributed by atoms with van der Waals surface area (Å²) in [7, 11) is 0. The number of carbonyl (C=O) groups excluding carboxylic acids is 1. The second kappa shape index (κ2) is 7.85. The number of unbranched alkanes of at least 4 members (excludes halogenated alkanes) is 1.